The van der Waals surface area contributed by atoms with Crippen molar-refractivity contribution in [3.63, 3.8) is 0 Å². The number of imidazole rings is 1. The van der Waals surface area contributed by atoms with Crippen molar-refractivity contribution in [3.8, 4) is 6.07 Å². The number of likely N-dealkylation sites (tertiary alicyclic amines) is 1. The van der Waals surface area contributed by atoms with Gasteiger partial charge in [0.1, 0.15) is 0 Å². The Balaban J connectivity index is 1.52. The lowest BCUT2D eigenvalue weighted by atomic mass is 9.74. The summed E-state index contributed by atoms with van der Waals surface area (Å²) < 4.78 is 7.51. The molecule has 2 heterocycles. The maximum atomic E-state index is 13.5. The maximum absolute atomic E-state index is 13.5. The van der Waals surface area contributed by atoms with E-state index >= 15 is 0 Å². The van der Waals surface area contributed by atoms with E-state index in [0.29, 0.717) is 37.4 Å². The summed E-state index contributed by atoms with van der Waals surface area (Å²) in [5, 5.41) is 9.64. The SMILES string of the molecule is COCC1(Cc2cccc(C)c2)CCN(C(=O)c2cccc(C#N)c2Cn2ccnc2)CC1. The molecule has 4 rings (SSSR count). The first kappa shape index (κ1) is 22.8. The zero-order valence-corrected chi connectivity index (χ0v) is 19.3. The van der Waals surface area contributed by atoms with Gasteiger partial charge in [-0.2, -0.15) is 5.26 Å². The van der Waals surface area contributed by atoms with Crippen LogP contribution in [0.5, 0.6) is 0 Å². The first-order chi connectivity index (χ1) is 16.0. The number of amides is 1. The van der Waals surface area contributed by atoms with E-state index in [1.165, 1.54) is 11.1 Å². The van der Waals surface area contributed by atoms with Crippen molar-refractivity contribution >= 4 is 5.91 Å². The highest BCUT2D eigenvalue weighted by Gasteiger charge is 2.37. The van der Waals surface area contributed by atoms with Crippen LogP contribution in [0.3, 0.4) is 0 Å². The molecule has 0 unspecified atom stereocenters. The van der Waals surface area contributed by atoms with E-state index in [1.54, 1.807) is 31.8 Å². The van der Waals surface area contributed by atoms with Gasteiger partial charge in [-0.1, -0.05) is 35.9 Å². The number of aryl methyl sites for hydroxylation is 1. The molecule has 0 spiro atoms. The van der Waals surface area contributed by atoms with Crippen LogP contribution in [0.4, 0.5) is 0 Å². The number of hydrogen-bond donors (Lipinski definition) is 0. The molecule has 1 saturated heterocycles. The molecule has 170 valence electrons. The van der Waals surface area contributed by atoms with Gasteiger partial charge in [-0.25, -0.2) is 4.98 Å². The van der Waals surface area contributed by atoms with E-state index in [0.717, 1.165) is 24.8 Å². The van der Waals surface area contributed by atoms with Gasteiger partial charge < -0.3 is 14.2 Å². The number of rotatable bonds is 7. The minimum Gasteiger partial charge on any atom is -0.384 e. The molecule has 0 radical (unpaired) electrons. The number of piperidine rings is 1. The Bertz CT molecular complexity index is 1140. The lowest BCUT2D eigenvalue weighted by Crippen LogP contribution is -2.46. The number of benzene rings is 2. The van der Waals surface area contributed by atoms with E-state index in [1.807, 2.05) is 21.7 Å². The first-order valence-electron chi connectivity index (χ1n) is 11.3. The molecule has 0 atom stereocenters. The van der Waals surface area contributed by atoms with E-state index in [4.69, 9.17) is 4.74 Å². The number of aromatic nitrogens is 2. The zero-order chi connectivity index (χ0) is 23.3. The molecule has 1 aliphatic rings. The predicted octanol–water partition coefficient (Wildman–Crippen LogP) is 4.22. The molecule has 3 aromatic rings. The van der Waals surface area contributed by atoms with Crippen molar-refractivity contribution in [2.45, 2.75) is 32.7 Å². The van der Waals surface area contributed by atoms with Crippen LogP contribution in [0.2, 0.25) is 0 Å². The van der Waals surface area contributed by atoms with Crippen LogP contribution in [-0.2, 0) is 17.7 Å². The van der Waals surface area contributed by atoms with E-state index in [-0.39, 0.29) is 11.3 Å². The molecule has 1 aliphatic heterocycles. The highest BCUT2D eigenvalue weighted by Crippen LogP contribution is 2.36. The first-order valence-corrected chi connectivity index (χ1v) is 11.3. The molecule has 2 aromatic carbocycles. The Hall–Kier alpha value is -3.43. The van der Waals surface area contributed by atoms with Gasteiger partial charge in [-0.05, 0) is 43.9 Å². The smallest absolute Gasteiger partial charge is 0.254 e. The summed E-state index contributed by atoms with van der Waals surface area (Å²) in [6.45, 7) is 4.59. The summed E-state index contributed by atoms with van der Waals surface area (Å²) in [5.41, 5.74) is 4.47. The molecule has 1 fully saturated rings. The average molecular weight is 443 g/mol. The van der Waals surface area contributed by atoms with Crippen LogP contribution in [0.1, 0.15) is 45.5 Å². The number of nitrogens with zero attached hydrogens (tertiary/aromatic N) is 4. The molecule has 1 amide bonds. The van der Waals surface area contributed by atoms with Gasteiger partial charge in [0.15, 0.2) is 0 Å². The Morgan fingerprint density at radius 2 is 2.00 bits per heavy atom. The zero-order valence-electron chi connectivity index (χ0n) is 19.3. The summed E-state index contributed by atoms with van der Waals surface area (Å²) in [5.74, 6) is -0.0104. The topological polar surface area (TPSA) is 71.2 Å². The van der Waals surface area contributed by atoms with Crippen LogP contribution in [0.15, 0.2) is 61.2 Å². The van der Waals surface area contributed by atoms with Crippen molar-refractivity contribution in [1.29, 1.82) is 5.26 Å². The number of carbonyl (C=O) groups excluding carboxylic acids is 1. The van der Waals surface area contributed by atoms with Crippen LogP contribution >= 0.6 is 0 Å². The molecule has 6 nitrogen and oxygen atoms in total. The second-order valence-electron chi connectivity index (χ2n) is 9.07. The summed E-state index contributed by atoms with van der Waals surface area (Å²) in [7, 11) is 1.76. The standard InChI is InChI=1S/C27H30N4O2/c1-21-5-3-6-22(15-21)16-27(19-33-2)9-12-31(13-10-27)26(32)24-8-4-7-23(17-28)25(24)18-30-14-11-29-20-30/h3-8,11,14-15,20H,9-10,12-13,16,18-19H2,1-2H3. The van der Waals surface area contributed by atoms with E-state index < -0.39 is 0 Å². The molecule has 0 saturated carbocycles. The molecule has 33 heavy (non-hydrogen) atoms. The normalized spacial score (nSPS) is 15.2. The van der Waals surface area contributed by atoms with Crippen molar-refractivity contribution in [1.82, 2.24) is 14.5 Å². The fraction of sp³-hybridized carbons (Fsp3) is 0.370. The predicted molar refractivity (Wildman–Crippen MR) is 127 cm³/mol. The minimum absolute atomic E-state index is 0.0104. The minimum atomic E-state index is -0.0104. The third-order valence-electron chi connectivity index (χ3n) is 6.65. The van der Waals surface area contributed by atoms with Crippen LogP contribution < -0.4 is 0 Å². The molecule has 0 bridgehead atoms. The van der Waals surface area contributed by atoms with Gasteiger partial charge in [0.05, 0.1) is 31.1 Å². The lowest BCUT2D eigenvalue weighted by molar-refractivity contribution is 0.0203. The summed E-state index contributed by atoms with van der Waals surface area (Å²) in [6.07, 6.45) is 7.96. The number of carbonyl (C=O) groups is 1. The van der Waals surface area contributed by atoms with E-state index in [9.17, 15) is 10.1 Å². The summed E-state index contributed by atoms with van der Waals surface area (Å²) >= 11 is 0. The highest BCUT2D eigenvalue weighted by atomic mass is 16.5. The second kappa shape index (κ2) is 10.0. The Kier molecular flexibility index (Phi) is 6.90. The lowest BCUT2D eigenvalue weighted by Gasteiger charge is -2.42. The molecular weight excluding hydrogens is 412 g/mol. The van der Waals surface area contributed by atoms with Crippen molar-refractivity contribution in [2.75, 3.05) is 26.8 Å². The maximum Gasteiger partial charge on any atom is 0.254 e. The van der Waals surface area contributed by atoms with Crippen molar-refractivity contribution < 1.29 is 9.53 Å². The van der Waals surface area contributed by atoms with Crippen LogP contribution in [0, 0.1) is 23.7 Å². The highest BCUT2D eigenvalue weighted by molar-refractivity contribution is 5.96. The molecule has 0 N–H and O–H groups in total. The Labute approximate surface area is 195 Å². The summed E-state index contributed by atoms with van der Waals surface area (Å²) in [6, 6.07) is 16.3. The second-order valence-corrected chi connectivity index (χ2v) is 9.07. The third-order valence-corrected chi connectivity index (χ3v) is 6.65. The van der Waals surface area contributed by atoms with Gasteiger partial charge in [0.25, 0.3) is 5.91 Å². The monoisotopic (exact) mass is 442 g/mol. The molecular formula is C27H30N4O2. The summed E-state index contributed by atoms with van der Waals surface area (Å²) in [4.78, 5) is 19.6. The van der Waals surface area contributed by atoms with Gasteiger partial charge in [-0.15, -0.1) is 0 Å². The van der Waals surface area contributed by atoms with Crippen molar-refractivity contribution in [3.05, 3.63) is 89.0 Å². The fourth-order valence-electron chi connectivity index (χ4n) is 4.91. The molecule has 6 heteroatoms. The fourth-order valence-corrected chi connectivity index (χ4v) is 4.91. The molecule has 0 aliphatic carbocycles. The quantitative estimate of drug-likeness (QED) is 0.549. The van der Waals surface area contributed by atoms with Gasteiger partial charge in [0.2, 0.25) is 0 Å². The van der Waals surface area contributed by atoms with Crippen molar-refractivity contribution in [2.24, 2.45) is 5.41 Å². The van der Waals surface area contributed by atoms with Crippen LogP contribution in [-0.4, -0.2) is 47.2 Å². The van der Waals surface area contributed by atoms with E-state index in [2.05, 4.69) is 42.2 Å². The largest absolute Gasteiger partial charge is 0.384 e. The number of methoxy groups -OCH3 is 1. The average Bonchev–Trinajstić information content (AvgIpc) is 3.33. The number of nitriles is 1. The van der Waals surface area contributed by atoms with Gasteiger partial charge >= 0.3 is 0 Å². The third kappa shape index (κ3) is 5.15. The van der Waals surface area contributed by atoms with Gasteiger partial charge in [0, 0.05) is 49.1 Å². The van der Waals surface area contributed by atoms with Crippen LogP contribution in [0.25, 0.3) is 0 Å². The number of ether oxygens (including phenoxy) is 1. The van der Waals surface area contributed by atoms with Gasteiger partial charge in [-0.3, -0.25) is 4.79 Å². The number of hydrogen-bond acceptors (Lipinski definition) is 4. The Morgan fingerprint density at radius 1 is 1.21 bits per heavy atom. The Morgan fingerprint density at radius 3 is 2.67 bits per heavy atom. The molecule has 1 aromatic heterocycles.